The average Bonchev–Trinajstić information content (AvgIpc) is 2.16. The Kier molecular flexibility index (Phi) is 2.10. The fourth-order valence-corrected chi connectivity index (χ4v) is 3.47. The van der Waals surface area contributed by atoms with Gasteiger partial charge in [-0.15, -0.1) is 0 Å². The molecule has 0 radical (unpaired) electrons. The first-order valence-electron chi connectivity index (χ1n) is 6.11. The number of rotatable bonds is 2. The van der Waals surface area contributed by atoms with Crippen molar-refractivity contribution in [3.8, 4) is 0 Å². The predicted molar refractivity (Wildman–Crippen MR) is 62.5 cm³/mol. The minimum absolute atomic E-state index is 0.500. The first-order valence-corrected chi connectivity index (χ1v) is 6.11. The molecule has 80 valence electrons. The summed E-state index contributed by atoms with van der Waals surface area (Å²) in [5.74, 6) is 0.864. The van der Waals surface area contributed by atoms with Gasteiger partial charge in [0.1, 0.15) is 0 Å². The molecule has 0 aliphatic heterocycles. The van der Waals surface area contributed by atoms with Crippen LogP contribution in [0.4, 0.5) is 0 Å². The van der Waals surface area contributed by atoms with Crippen molar-refractivity contribution in [1.82, 2.24) is 0 Å². The Labute approximate surface area is 91.7 Å². The zero-order valence-electron chi connectivity index (χ0n) is 9.15. The summed E-state index contributed by atoms with van der Waals surface area (Å²) >= 11 is 0. The standard InChI is InChI=1S/C14H19N/c15-13-10-12(14(13)7-4-8-14)9-11-5-2-1-3-6-11/h1-3,5-6,12-13H,4,7-10,15H2. The Balaban J connectivity index is 1.70. The number of hydrogen-bond acceptors (Lipinski definition) is 1. The lowest BCUT2D eigenvalue weighted by atomic mass is 9.46. The highest BCUT2D eigenvalue weighted by atomic mass is 14.8. The summed E-state index contributed by atoms with van der Waals surface area (Å²) in [6.45, 7) is 0. The van der Waals surface area contributed by atoms with Crippen LogP contribution < -0.4 is 5.73 Å². The molecule has 1 heteroatoms. The van der Waals surface area contributed by atoms with E-state index in [-0.39, 0.29) is 0 Å². The van der Waals surface area contributed by atoms with Gasteiger partial charge in [-0.1, -0.05) is 36.8 Å². The van der Waals surface area contributed by atoms with Crippen LogP contribution in [-0.2, 0) is 6.42 Å². The van der Waals surface area contributed by atoms with E-state index in [1.165, 1.54) is 37.7 Å². The maximum atomic E-state index is 6.16. The van der Waals surface area contributed by atoms with Gasteiger partial charge in [-0.2, -0.15) is 0 Å². The van der Waals surface area contributed by atoms with Gasteiger partial charge >= 0.3 is 0 Å². The smallest absolute Gasteiger partial charge is 0.0101 e. The maximum absolute atomic E-state index is 6.16. The van der Waals surface area contributed by atoms with E-state index in [9.17, 15) is 0 Å². The normalized spacial score (nSPS) is 32.1. The number of hydrogen-bond donors (Lipinski definition) is 1. The summed E-state index contributed by atoms with van der Waals surface area (Å²) in [5.41, 5.74) is 8.20. The molecule has 15 heavy (non-hydrogen) atoms. The Bertz CT molecular complexity index is 340. The van der Waals surface area contributed by atoms with Crippen molar-refractivity contribution in [2.24, 2.45) is 17.1 Å². The molecule has 2 aliphatic carbocycles. The fraction of sp³-hybridized carbons (Fsp3) is 0.571. The summed E-state index contributed by atoms with van der Waals surface area (Å²) in [6.07, 6.45) is 6.65. The molecule has 1 nitrogen and oxygen atoms in total. The largest absolute Gasteiger partial charge is 0.327 e. The molecule has 0 amide bonds. The highest BCUT2D eigenvalue weighted by Gasteiger charge is 2.55. The Morgan fingerprint density at radius 2 is 1.93 bits per heavy atom. The van der Waals surface area contributed by atoms with Gasteiger partial charge in [-0.05, 0) is 42.6 Å². The quantitative estimate of drug-likeness (QED) is 0.782. The van der Waals surface area contributed by atoms with E-state index in [4.69, 9.17) is 5.73 Å². The zero-order valence-corrected chi connectivity index (χ0v) is 9.15. The lowest BCUT2D eigenvalue weighted by Gasteiger charge is -2.61. The van der Waals surface area contributed by atoms with Crippen LogP contribution in [0.3, 0.4) is 0 Å². The van der Waals surface area contributed by atoms with Gasteiger partial charge in [0.2, 0.25) is 0 Å². The fourth-order valence-electron chi connectivity index (χ4n) is 3.47. The van der Waals surface area contributed by atoms with Gasteiger partial charge in [0.25, 0.3) is 0 Å². The molecule has 2 fully saturated rings. The van der Waals surface area contributed by atoms with Crippen LogP contribution in [0.25, 0.3) is 0 Å². The number of benzene rings is 1. The van der Waals surface area contributed by atoms with Crippen LogP contribution in [0.15, 0.2) is 30.3 Å². The van der Waals surface area contributed by atoms with Crippen LogP contribution >= 0.6 is 0 Å². The monoisotopic (exact) mass is 201 g/mol. The minimum atomic E-state index is 0.500. The van der Waals surface area contributed by atoms with Crippen molar-refractivity contribution in [3.05, 3.63) is 35.9 Å². The van der Waals surface area contributed by atoms with Gasteiger partial charge in [0.15, 0.2) is 0 Å². The van der Waals surface area contributed by atoms with Gasteiger partial charge in [0.05, 0.1) is 0 Å². The van der Waals surface area contributed by atoms with E-state index in [2.05, 4.69) is 30.3 Å². The molecule has 2 saturated carbocycles. The first-order chi connectivity index (χ1) is 7.31. The number of nitrogens with two attached hydrogens (primary N) is 1. The van der Waals surface area contributed by atoms with E-state index >= 15 is 0 Å². The summed E-state index contributed by atoms with van der Waals surface area (Å²) < 4.78 is 0. The van der Waals surface area contributed by atoms with Gasteiger partial charge in [-0.3, -0.25) is 0 Å². The second kappa shape index (κ2) is 3.34. The lowest BCUT2D eigenvalue weighted by Crippen LogP contribution is -2.62. The van der Waals surface area contributed by atoms with E-state index in [1.54, 1.807) is 0 Å². The van der Waals surface area contributed by atoms with Crippen LogP contribution in [-0.4, -0.2) is 6.04 Å². The second-order valence-electron chi connectivity index (χ2n) is 5.32. The zero-order chi connectivity index (χ0) is 10.3. The van der Waals surface area contributed by atoms with Crippen molar-refractivity contribution >= 4 is 0 Å². The van der Waals surface area contributed by atoms with Crippen LogP contribution in [0, 0.1) is 11.3 Å². The van der Waals surface area contributed by atoms with E-state index in [0.29, 0.717) is 11.5 Å². The molecule has 2 atom stereocenters. The van der Waals surface area contributed by atoms with Crippen LogP contribution in [0.1, 0.15) is 31.2 Å². The summed E-state index contributed by atoms with van der Waals surface area (Å²) in [5, 5.41) is 0. The maximum Gasteiger partial charge on any atom is 0.0101 e. The minimum Gasteiger partial charge on any atom is -0.327 e. The molecular weight excluding hydrogens is 182 g/mol. The Morgan fingerprint density at radius 1 is 1.20 bits per heavy atom. The van der Waals surface area contributed by atoms with E-state index in [0.717, 1.165) is 5.92 Å². The molecule has 0 aromatic heterocycles. The highest BCUT2D eigenvalue weighted by molar-refractivity contribution is 5.19. The molecule has 2 N–H and O–H groups in total. The highest BCUT2D eigenvalue weighted by Crippen LogP contribution is 2.59. The Hall–Kier alpha value is -0.820. The van der Waals surface area contributed by atoms with Crippen molar-refractivity contribution < 1.29 is 0 Å². The predicted octanol–water partition coefficient (Wildman–Crippen LogP) is 2.75. The third-order valence-electron chi connectivity index (χ3n) is 4.70. The van der Waals surface area contributed by atoms with Crippen molar-refractivity contribution in [3.63, 3.8) is 0 Å². The molecule has 1 aromatic rings. The third kappa shape index (κ3) is 1.33. The average molecular weight is 201 g/mol. The van der Waals surface area contributed by atoms with Gasteiger partial charge in [0, 0.05) is 6.04 Å². The first kappa shape index (κ1) is 9.41. The molecule has 0 heterocycles. The van der Waals surface area contributed by atoms with E-state index < -0.39 is 0 Å². The van der Waals surface area contributed by atoms with Crippen molar-refractivity contribution in [2.45, 2.75) is 38.1 Å². The second-order valence-corrected chi connectivity index (χ2v) is 5.32. The van der Waals surface area contributed by atoms with Crippen LogP contribution in [0.5, 0.6) is 0 Å². The molecule has 0 bridgehead atoms. The topological polar surface area (TPSA) is 26.0 Å². The third-order valence-corrected chi connectivity index (χ3v) is 4.70. The molecule has 0 saturated heterocycles. The summed E-state index contributed by atoms with van der Waals surface area (Å²) in [7, 11) is 0. The molecule has 2 aliphatic rings. The van der Waals surface area contributed by atoms with Crippen molar-refractivity contribution in [2.75, 3.05) is 0 Å². The van der Waals surface area contributed by atoms with Gasteiger partial charge in [-0.25, -0.2) is 0 Å². The van der Waals surface area contributed by atoms with E-state index in [1.807, 2.05) is 0 Å². The Morgan fingerprint density at radius 3 is 2.47 bits per heavy atom. The van der Waals surface area contributed by atoms with Crippen molar-refractivity contribution in [1.29, 1.82) is 0 Å². The molecule has 1 spiro atoms. The summed E-state index contributed by atoms with van der Waals surface area (Å²) in [6, 6.07) is 11.4. The SMILES string of the molecule is NC1CC(Cc2ccccc2)C12CCC2. The molecule has 1 aromatic carbocycles. The summed E-state index contributed by atoms with van der Waals surface area (Å²) in [4.78, 5) is 0. The molecule has 2 unspecified atom stereocenters. The van der Waals surface area contributed by atoms with Crippen LogP contribution in [0.2, 0.25) is 0 Å². The van der Waals surface area contributed by atoms with Gasteiger partial charge < -0.3 is 5.73 Å². The lowest BCUT2D eigenvalue weighted by molar-refractivity contribution is -0.0725. The molecular formula is C14H19N. The molecule has 3 rings (SSSR count).